The van der Waals surface area contributed by atoms with Crippen LogP contribution >= 0.6 is 0 Å². The van der Waals surface area contributed by atoms with Gasteiger partial charge in [-0.15, -0.1) is 0 Å². The Kier molecular flexibility index (Phi) is 5.06. The molecular formula is C15H20N2O5S. The lowest BCUT2D eigenvalue weighted by molar-refractivity contribution is -0.157. The number of carbonyl (C=O) groups excluding carboxylic acids is 1. The van der Waals surface area contributed by atoms with Crippen molar-refractivity contribution in [3.05, 3.63) is 29.8 Å². The van der Waals surface area contributed by atoms with Crippen LogP contribution in [0.3, 0.4) is 0 Å². The molecule has 0 heterocycles. The van der Waals surface area contributed by atoms with Crippen LogP contribution in [0.25, 0.3) is 0 Å². The molecule has 1 amide bonds. The molecule has 1 aliphatic carbocycles. The van der Waals surface area contributed by atoms with Crippen molar-refractivity contribution in [2.45, 2.75) is 32.2 Å². The van der Waals surface area contributed by atoms with Gasteiger partial charge >= 0.3 is 5.97 Å². The van der Waals surface area contributed by atoms with E-state index in [1.54, 1.807) is 24.3 Å². The standard InChI is InChI=1S/C15H20N2O5S/c1-23(21,22)16-10-11-3-5-12(6-4-11)17-13(18)9-15(14(19)20)7-2-8-15/h3-6,16H,2,7-10H2,1H3,(H,17,18)(H,19,20). The van der Waals surface area contributed by atoms with Crippen molar-refractivity contribution >= 4 is 27.6 Å². The summed E-state index contributed by atoms with van der Waals surface area (Å²) in [7, 11) is -3.25. The first-order valence-electron chi connectivity index (χ1n) is 7.27. The molecule has 0 radical (unpaired) electrons. The van der Waals surface area contributed by atoms with Crippen molar-refractivity contribution in [1.82, 2.24) is 4.72 Å². The highest BCUT2D eigenvalue weighted by molar-refractivity contribution is 7.88. The van der Waals surface area contributed by atoms with Crippen LogP contribution in [-0.4, -0.2) is 31.7 Å². The van der Waals surface area contributed by atoms with Crippen LogP contribution in [0.15, 0.2) is 24.3 Å². The maximum atomic E-state index is 12.0. The number of nitrogens with one attached hydrogen (secondary N) is 2. The molecule has 0 aliphatic heterocycles. The second kappa shape index (κ2) is 6.67. The van der Waals surface area contributed by atoms with E-state index in [-0.39, 0.29) is 18.9 Å². The molecule has 0 saturated heterocycles. The predicted molar refractivity (Wildman–Crippen MR) is 85.3 cm³/mol. The SMILES string of the molecule is CS(=O)(=O)NCc1ccc(NC(=O)CC2(C(=O)O)CCC2)cc1. The fourth-order valence-corrected chi connectivity index (χ4v) is 2.93. The van der Waals surface area contributed by atoms with Crippen LogP contribution in [0.5, 0.6) is 0 Å². The Morgan fingerprint density at radius 3 is 2.26 bits per heavy atom. The van der Waals surface area contributed by atoms with Crippen molar-refractivity contribution in [3.63, 3.8) is 0 Å². The summed E-state index contributed by atoms with van der Waals surface area (Å²) in [6, 6.07) is 6.71. The largest absolute Gasteiger partial charge is 0.481 e. The monoisotopic (exact) mass is 340 g/mol. The fourth-order valence-electron chi connectivity index (χ4n) is 2.50. The van der Waals surface area contributed by atoms with Gasteiger partial charge in [0.2, 0.25) is 15.9 Å². The topological polar surface area (TPSA) is 113 Å². The summed E-state index contributed by atoms with van der Waals surface area (Å²) in [6.45, 7) is 0.176. The number of aliphatic carboxylic acids is 1. The third kappa shape index (κ3) is 4.77. The first kappa shape index (κ1) is 17.4. The highest BCUT2D eigenvalue weighted by atomic mass is 32.2. The van der Waals surface area contributed by atoms with Crippen molar-refractivity contribution < 1.29 is 23.1 Å². The maximum Gasteiger partial charge on any atom is 0.310 e. The molecule has 1 aliphatic rings. The molecule has 0 unspecified atom stereocenters. The number of hydrogen-bond donors (Lipinski definition) is 3. The van der Waals surface area contributed by atoms with E-state index in [9.17, 15) is 23.1 Å². The van der Waals surface area contributed by atoms with Crippen LogP contribution < -0.4 is 10.0 Å². The number of carboxylic acids is 1. The molecule has 0 atom stereocenters. The average Bonchev–Trinajstić information content (AvgIpc) is 2.41. The quantitative estimate of drug-likeness (QED) is 0.693. The number of benzene rings is 1. The van der Waals surface area contributed by atoms with Crippen LogP contribution in [-0.2, 0) is 26.2 Å². The molecular weight excluding hydrogens is 320 g/mol. The Hall–Kier alpha value is -1.93. The molecule has 23 heavy (non-hydrogen) atoms. The average molecular weight is 340 g/mol. The number of sulfonamides is 1. The Morgan fingerprint density at radius 1 is 1.22 bits per heavy atom. The first-order chi connectivity index (χ1) is 10.7. The number of hydrogen-bond acceptors (Lipinski definition) is 4. The highest BCUT2D eigenvalue weighted by Crippen LogP contribution is 2.44. The van der Waals surface area contributed by atoms with Crippen molar-refractivity contribution in [1.29, 1.82) is 0 Å². The van der Waals surface area contributed by atoms with Gasteiger partial charge in [0.05, 0.1) is 11.7 Å². The Bertz CT molecular complexity index is 693. The third-order valence-corrected chi connectivity index (χ3v) is 4.71. The minimum absolute atomic E-state index is 0.0281. The summed E-state index contributed by atoms with van der Waals surface area (Å²) in [5.74, 6) is -1.24. The van der Waals surface area contributed by atoms with Gasteiger partial charge in [-0.3, -0.25) is 9.59 Å². The Labute approximate surface area is 135 Å². The third-order valence-electron chi connectivity index (χ3n) is 4.04. The number of anilines is 1. The number of carbonyl (C=O) groups is 2. The van der Waals surface area contributed by atoms with Gasteiger partial charge in [-0.1, -0.05) is 18.6 Å². The summed E-state index contributed by atoms with van der Waals surface area (Å²) in [5.41, 5.74) is 0.399. The zero-order chi connectivity index (χ0) is 17.1. The molecule has 1 aromatic rings. The van der Waals surface area contributed by atoms with E-state index < -0.39 is 21.4 Å². The Balaban J connectivity index is 1.90. The van der Waals surface area contributed by atoms with Gasteiger partial charge in [-0.25, -0.2) is 13.1 Å². The van der Waals surface area contributed by atoms with E-state index in [0.717, 1.165) is 18.2 Å². The highest BCUT2D eigenvalue weighted by Gasteiger charge is 2.45. The minimum Gasteiger partial charge on any atom is -0.481 e. The van der Waals surface area contributed by atoms with Crippen LogP contribution in [0.1, 0.15) is 31.2 Å². The van der Waals surface area contributed by atoms with Crippen LogP contribution in [0.2, 0.25) is 0 Å². The molecule has 1 saturated carbocycles. The minimum atomic E-state index is -3.25. The second-order valence-electron chi connectivity index (χ2n) is 5.95. The van der Waals surface area contributed by atoms with Gasteiger partial charge in [0, 0.05) is 18.7 Å². The number of amides is 1. The normalized spacial score (nSPS) is 16.4. The lowest BCUT2D eigenvalue weighted by Gasteiger charge is -2.36. The predicted octanol–water partition coefficient (Wildman–Crippen LogP) is 1.32. The summed E-state index contributed by atoms with van der Waals surface area (Å²) < 4.78 is 24.4. The number of rotatable bonds is 7. The molecule has 2 rings (SSSR count). The first-order valence-corrected chi connectivity index (χ1v) is 9.16. The smallest absolute Gasteiger partial charge is 0.310 e. The lowest BCUT2D eigenvalue weighted by Crippen LogP contribution is -2.41. The molecule has 0 spiro atoms. The van der Waals surface area contributed by atoms with Crippen molar-refractivity contribution in [3.8, 4) is 0 Å². The van der Waals surface area contributed by atoms with Gasteiger partial charge < -0.3 is 10.4 Å². The molecule has 7 nitrogen and oxygen atoms in total. The summed E-state index contributed by atoms with van der Waals surface area (Å²) in [4.78, 5) is 23.3. The fraction of sp³-hybridized carbons (Fsp3) is 0.467. The zero-order valence-electron chi connectivity index (χ0n) is 12.8. The molecule has 3 N–H and O–H groups in total. The van der Waals surface area contributed by atoms with Crippen LogP contribution in [0.4, 0.5) is 5.69 Å². The van der Waals surface area contributed by atoms with E-state index >= 15 is 0 Å². The van der Waals surface area contributed by atoms with Gasteiger partial charge in [-0.2, -0.15) is 0 Å². The molecule has 126 valence electrons. The van der Waals surface area contributed by atoms with Gasteiger partial charge in [0.15, 0.2) is 0 Å². The Morgan fingerprint density at radius 2 is 1.83 bits per heavy atom. The molecule has 8 heteroatoms. The zero-order valence-corrected chi connectivity index (χ0v) is 13.6. The summed E-state index contributed by atoms with van der Waals surface area (Å²) in [5, 5.41) is 11.9. The molecule has 1 fully saturated rings. The summed E-state index contributed by atoms with van der Waals surface area (Å²) >= 11 is 0. The van der Waals surface area contributed by atoms with Gasteiger partial charge in [-0.05, 0) is 30.5 Å². The molecule has 0 aromatic heterocycles. The molecule has 0 bridgehead atoms. The van der Waals surface area contributed by atoms with Gasteiger partial charge in [0.25, 0.3) is 0 Å². The van der Waals surface area contributed by atoms with E-state index in [0.29, 0.717) is 18.5 Å². The van der Waals surface area contributed by atoms with Crippen LogP contribution in [0, 0.1) is 5.41 Å². The van der Waals surface area contributed by atoms with E-state index in [2.05, 4.69) is 10.0 Å². The van der Waals surface area contributed by atoms with Crippen molar-refractivity contribution in [2.75, 3.05) is 11.6 Å². The summed E-state index contributed by atoms with van der Waals surface area (Å²) in [6.07, 6.45) is 2.96. The van der Waals surface area contributed by atoms with E-state index in [4.69, 9.17) is 0 Å². The van der Waals surface area contributed by atoms with E-state index in [1.807, 2.05) is 0 Å². The van der Waals surface area contributed by atoms with E-state index in [1.165, 1.54) is 0 Å². The second-order valence-corrected chi connectivity index (χ2v) is 7.79. The maximum absolute atomic E-state index is 12.0. The lowest BCUT2D eigenvalue weighted by atomic mass is 9.66. The number of carboxylic acid groups (broad SMARTS) is 1. The molecule has 1 aromatic carbocycles. The van der Waals surface area contributed by atoms with Crippen molar-refractivity contribution in [2.24, 2.45) is 5.41 Å². The van der Waals surface area contributed by atoms with Gasteiger partial charge in [0.1, 0.15) is 0 Å².